The first-order valence-electron chi connectivity index (χ1n) is 9.34. The lowest BCUT2D eigenvalue weighted by molar-refractivity contribution is -0.192. The largest absolute Gasteiger partial charge is 0.490 e. The summed E-state index contributed by atoms with van der Waals surface area (Å²) in [6, 6.07) is 1.82. The molecular formula is C18H20F3N5O4S. The number of carbonyl (C=O) groups is 2. The van der Waals surface area contributed by atoms with Crippen LogP contribution >= 0.6 is 11.3 Å². The van der Waals surface area contributed by atoms with E-state index < -0.39 is 12.1 Å². The minimum absolute atomic E-state index is 0.00717. The van der Waals surface area contributed by atoms with Crippen molar-refractivity contribution in [3.8, 4) is 0 Å². The molecule has 0 aromatic carbocycles. The number of carboxylic acids is 1. The predicted octanol–water partition coefficient (Wildman–Crippen LogP) is 2.08. The number of carboxylic acid groups (broad SMARTS) is 1. The Morgan fingerprint density at radius 3 is 2.32 bits per heavy atom. The summed E-state index contributed by atoms with van der Waals surface area (Å²) in [6.45, 7) is 3.51. The average molecular weight is 459 g/mol. The normalized spacial score (nSPS) is 18.3. The Morgan fingerprint density at radius 2 is 1.77 bits per heavy atom. The second kappa shape index (κ2) is 9.56. The summed E-state index contributed by atoms with van der Waals surface area (Å²) < 4.78 is 37.8. The van der Waals surface area contributed by atoms with Crippen molar-refractivity contribution in [3.05, 3.63) is 35.0 Å². The quantitative estimate of drug-likeness (QED) is 0.727. The van der Waals surface area contributed by atoms with Gasteiger partial charge in [0.15, 0.2) is 0 Å². The van der Waals surface area contributed by atoms with Gasteiger partial charge in [0.05, 0.1) is 24.3 Å². The van der Waals surface area contributed by atoms with Crippen molar-refractivity contribution in [2.75, 3.05) is 37.7 Å². The summed E-state index contributed by atoms with van der Waals surface area (Å²) in [5.74, 6) is -1.99. The summed E-state index contributed by atoms with van der Waals surface area (Å²) in [6.07, 6.45) is 0.175. The summed E-state index contributed by atoms with van der Waals surface area (Å²) >= 11 is 1.45. The topological polar surface area (TPSA) is 109 Å². The van der Waals surface area contributed by atoms with Crippen LogP contribution < -0.4 is 4.90 Å². The maximum Gasteiger partial charge on any atom is 0.490 e. The molecule has 2 aromatic heterocycles. The Balaban J connectivity index is 0.000000339. The van der Waals surface area contributed by atoms with Crippen molar-refractivity contribution in [1.82, 2.24) is 19.9 Å². The van der Waals surface area contributed by atoms with Crippen LogP contribution in [0.2, 0.25) is 0 Å². The first-order valence-corrected chi connectivity index (χ1v) is 10.3. The van der Waals surface area contributed by atoms with Crippen molar-refractivity contribution in [2.24, 2.45) is 0 Å². The fraction of sp³-hybridized carbons (Fsp3) is 0.500. The van der Waals surface area contributed by atoms with E-state index in [2.05, 4.69) is 19.9 Å². The van der Waals surface area contributed by atoms with Crippen LogP contribution in [0.15, 0.2) is 29.4 Å². The number of morpholine rings is 1. The Hall–Kier alpha value is -2.80. The highest BCUT2D eigenvalue weighted by Gasteiger charge is 2.41. The molecule has 0 aliphatic carbocycles. The molecule has 2 aliphatic rings. The monoisotopic (exact) mass is 459 g/mol. The van der Waals surface area contributed by atoms with Gasteiger partial charge < -0.3 is 19.6 Å². The predicted molar refractivity (Wildman–Crippen MR) is 104 cm³/mol. The lowest BCUT2D eigenvalue weighted by atomic mass is 9.89. The summed E-state index contributed by atoms with van der Waals surface area (Å²) in [7, 11) is 0. The van der Waals surface area contributed by atoms with Gasteiger partial charge in [0.25, 0.3) is 5.91 Å². The van der Waals surface area contributed by atoms with E-state index in [4.69, 9.17) is 14.6 Å². The van der Waals surface area contributed by atoms with E-state index in [9.17, 15) is 18.0 Å². The molecule has 0 bridgehead atoms. The number of aliphatic carboxylic acids is 1. The van der Waals surface area contributed by atoms with E-state index in [1.165, 1.54) is 11.3 Å². The molecule has 9 nitrogen and oxygen atoms in total. The molecule has 2 aliphatic heterocycles. The van der Waals surface area contributed by atoms with Crippen LogP contribution in [0, 0.1) is 0 Å². The zero-order valence-corrected chi connectivity index (χ0v) is 17.1. The van der Waals surface area contributed by atoms with Crippen molar-refractivity contribution in [1.29, 1.82) is 0 Å². The Bertz CT molecular complexity index is 874. The van der Waals surface area contributed by atoms with Gasteiger partial charge in [-0.05, 0) is 18.9 Å². The Kier molecular flexibility index (Phi) is 7.05. The maximum absolute atomic E-state index is 12.6. The molecule has 2 fully saturated rings. The van der Waals surface area contributed by atoms with Crippen molar-refractivity contribution in [3.63, 3.8) is 0 Å². The molecule has 2 aromatic rings. The maximum atomic E-state index is 12.6. The van der Waals surface area contributed by atoms with Crippen LogP contribution in [0.4, 0.5) is 19.1 Å². The molecule has 0 atom stereocenters. The van der Waals surface area contributed by atoms with Crippen LogP contribution in [0.1, 0.15) is 23.3 Å². The minimum Gasteiger partial charge on any atom is -0.475 e. The fourth-order valence-corrected chi connectivity index (χ4v) is 3.90. The molecule has 13 heteroatoms. The third-order valence-corrected chi connectivity index (χ3v) is 5.53. The first kappa shape index (κ1) is 22.9. The van der Waals surface area contributed by atoms with Crippen LogP contribution in [0.3, 0.4) is 0 Å². The molecule has 31 heavy (non-hydrogen) atoms. The Morgan fingerprint density at radius 1 is 1.13 bits per heavy atom. The van der Waals surface area contributed by atoms with E-state index in [1.54, 1.807) is 23.3 Å². The van der Waals surface area contributed by atoms with E-state index >= 15 is 0 Å². The van der Waals surface area contributed by atoms with E-state index in [-0.39, 0.29) is 11.5 Å². The van der Waals surface area contributed by atoms with Gasteiger partial charge in [-0.1, -0.05) is 0 Å². The van der Waals surface area contributed by atoms with E-state index in [0.29, 0.717) is 25.4 Å². The lowest BCUT2D eigenvalue weighted by Crippen LogP contribution is -2.58. The third kappa shape index (κ3) is 5.88. The van der Waals surface area contributed by atoms with Gasteiger partial charge in [0.2, 0.25) is 5.95 Å². The molecule has 168 valence electrons. The molecule has 4 heterocycles. The Labute approximate surface area is 179 Å². The SMILES string of the molecule is O=C(O)C(F)(F)F.O=C(c1cscn1)N1CCOC2(CCN(c3ncccn3)CC2)C1. The van der Waals surface area contributed by atoms with Crippen molar-refractivity contribution in [2.45, 2.75) is 24.6 Å². The molecule has 1 N–H and O–H groups in total. The molecular weight excluding hydrogens is 439 g/mol. The number of halogens is 3. The first-order chi connectivity index (χ1) is 14.7. The number of amides is 1. The minimum atomic E-state index is -5.08. The summed E-state index contributed by atoms with van der Waals surface area (Å²) in [4.78, 5) is 38.3. The van der Waals surface area contributed by atoms with Crippen LogP contribution in [-0.4, -0.2) is 81.4 Å². The smallest absolute Gasteiger partial charge is 0.475 e. The van der Waals surface area contributed by atoms with Gasteiger partial charge in [-0.3, -0.25) is 4.79 Å². The van der Waals surface area contributed by atoms with Crippen LogP contribution in [0.5, 0.6) is 0 Å². The molecule has 4 rings (SSSR count). The lowest BCUT2D eigenvalue weighted by Gasteiger charge is -2.47. The van der Waals surface area contributed by atoms with Gasteiger partial charge in [-0.2, -0.15) is 13.2 Å². The number of carbonyl (C=O) groups excluding carboxylic acids is 1. The van der Waals surface area contributed by atoms with Crippen LogP contribution in [-0.2, 0) is 9.53 Å². The second-order valence-corrected chi connectivity index (χ2v) is 7.69. The highest BCUT2D eigenvalue weighted by Crippen LogP contribution is 2.31. The third-order valence-electron chi connectivity index (χ3n) is 4.94. The zero-order chi connectivity index (χ0) is 22.5. The number of aromatic nitrogens is 3. The number of piperidine rings is 1. The van der Waals surface area contributed by atoms with E-state index in [1.807, 2.05) is 11.0 Å². The molecule has 0 saturated carbocycles. The molecule has 2 saturated heterocycles. The zero-order valence-electron chi connectivity index (χ0n) is 16.3. The molecule has 0 radical (unpaired) electrons. The highest BCUT2D eigenvalue weighted by molar-refractivity contribution is 7.07. The number of thiazole rings is 1. The van der Waals surface area contributed by atoms with Crippen molar-refractivity contribution < 1.29 is 32.6 Å². The molecule has 1 amide bonds. The average Bonchev–Trinajstić information content (AvgIpc) is 3.29. The second-order valence-electron chi connectivity index (χ2n) is 6.97. The number of anilines is 1. The number of nitrogens with zero attached hydrogens (tertiary/aromatic N) is 5. The van der Waals surface area contributed by atoms with E-state index in [0.717, 1.165) is 31.9 Å². The van der Waals surface area contributed by atoms with Gasteiger partial charge in [-0.25, -0.2) is 19.7 Å². The molecule has 0 unspecified atom stereocenters. The van der Waals surface area contributed by atoms with Crippen molar-refractivity contribution >= 4 is 29.2 Å². The van der Waals surface area contributed by atoms with Crippen LogP contribution in [0.25, 0.3) is 0 Å². The van der Waals surface area contributed by atoms with Gasteiger partial charge >= 0.3 is 12.1 Å². The number of hydrogen-bond acceptors (Lipinski definition) is 8. The fourth-order valence-electron chi connectivity index (χ4n) is 3.37. The van der Waals surface area contributed by atoms with Gasteiger partial charge in [0, 0.05) is 37.4 Å². The number of ether oxygens (including phenoxy) is 1. The standard InChI is InChI=1S/C16H19N5O2S.C2HF3O2/c22-14(13-10-24-12-19-13)21-8-9-23-16(11-21)2-6-20(7-3-16)15-17-4-1-5-18-15;3-2(4,5)1(6)7/h1,4-5,10,12H,2-3,6-9,11H2;(H,6,7). The number of hydrogen-bond donors (Lipinski definition) is 1. The summed E-state index contributed by atoms with van der Waals surface area (Å²) in [5, 5.41) is 8.93. The number of alkyl halides is 3. The highest BCUT2D eigenvalue weighted by atomic mass is 32.1. The number of rotatable bonds is 2. The summed E-state index contributed by atoms with van der Waals surface area (Å²) in [5.41, 5.74) is 1.98. The molecule has 1 spiro atoms. The van der Waals surface area contributed by atoms with Gasteiger partial charge in [-0.15, -0.1) is 11.3 Å². The van der Waals surface area contributed by atoms with Gasteiger partial charge in [0.1, 0.15) is 5.69 Å².